The zero-order chi connectivity index (χ0) is 21.6. The molecule has 30 heavy (non-hydrogen) atoms. The lowest BCUT2D eigenvalue weighted by atomic mass is 10.1. The molecule has 1 atom stereocenters. The highest BCUT2D eigenvalue weighted by Gasteiger charge is 2.31. The Balaban J connectivity index is 1.80. The quantitative estimate of drug-likeness (QED) is 0.596. The molecule has 1 heterocycles. The average Bonchev–Trinajstić information content (AvgIpc) is 2.75. The van der Waals surface area contributed by atoms with E-state index in [9.17, 15) is 13.2 Å². The van der Waals surface area contributed by atoms with Crippen LogP contribution in [0.4, 0.5) is 0 Å². The van der Waals surface area contributed by atoms with Crippen LogP contribution in [0.2, 0.25) is 0 Å². The summed E-state index contributed by atoms with van der Waals surface area (Å²) in [7, 11) is -3.72. The Morgan fingerprint density at radius 1 is 1.03 bits per heavy atom. The number of sulfone groups is 1. The smallest absolute Gasteiger partial charge is 0.220 e. The molecule has 3 aromatic rings. The fraction of sp³-hybridized carbons (Fsp3) is 0.250. The number of benzene rings is 2. The summed E-state index contributed by atoms with van der Waals surface area (Å²) in [5.41, 5.74) is 3.18. The zero-order valence-corrected chi connectivity index (χ0v) is 18.0. The van der Waals surface area contributed by atoms with Crippen LogP contribution in [-0.2, 0) is 21.1 Å². The molecule has 0 aliphatic rings. The van der Waals surface area contributed by atoms with Crippen molar-refractivity contribution in [1.29, 1.82) is 0 Å². The van der Waals surface area contributed by atoms with Crippen molar-refractivity contribution < 1.29 is 13.2 Å². The molecule has 1 N–H and O–H groups in total. The van der Waals surface area contributed by atoms with Gasteiger partial charge in [0.15, 0.2) is 9.84 Å². The van der Waals surface area contributed by atoms with Crippen LogP contribution >= 0.6 is 0 Å². The van der Waals surface area contributed by atoms with E-state index in [1.54, 1.807) is 43.6 Å². The molecule has 3 rings (SSSR count). The van der Waals surface area contributed by atoms with E-state index < -0.39 is 15.1 Å². The van der Waals surface area contributed by atoms with Gasteiger partial charge in [-0.2, -0.15) is 0 Å². The van der Waals surface area contributed by atoms with Crippen molar-refractivity contribution in [3.05, 3.63) is 95.3 Å². The van der Waals surface area contributed by atoms with Gasteiger partial charge in [0.25, 0.3) is 0 Å². The monoisotopic (exact) mass is 422 g/mol. The standard InChI is InChI=1S/C24H26N2O3S/c1-18-10-11-19(2)22(15-18)30(28,29)23(21-9-6-14-25-16-21)17-26-24(27)13-12-20-7-4-3-5-8-20/h3-11,14-16,23H,12-13,17H2,1-2H3,(H,26,27)/t23-/m1/s1. The van der Waals surface area contributed by atoms with E-state index in [0.717, 1.165) is 11.1 Å². The minimum Gasteiger partial charge on any atom is -0.354 e. The van der Waals surface area contributed by atoms with E-state index in [1.807, 2.05) is 43.3 Å². The maximum absolute atomic E-state index is 13.5. The molecule has 0 aliphatic carbocycles. The highest BCUT2D eigenvalue weighted by atomic mass is 32.2. The first-order valence-corrected chi connectivity index (χ1v) is 11.4. The van der Waals surface area contributed by atoms with Crippen molar-refractivity contribution >= 4 is 15.7 Å². The second-order valence-corrected chi connectivity index (χ2v) is 9.48. The Hall–Kier alpha value is -2.99. The maximum atomic E-state index is 13.5. The van der Waals surface area contributed by atoms with Gasteiger partial charge in [0.1, 0.15) is 5.25 Å². The lowest BCUT2D eigenvalue weighted by molar-refractivity contribution is -0.121. The molecule has 1 aromatic heterocycles. The van der Waals surface area contributed by atoms with Crippen LogP contribution in [0.15, 0.2) is 78.0 Å². The number of aromatic nitrogens is 1. The molecule has 156 valence electrons. The number of hydrogen-bond donors (Lipinski definition) is 1. The van der Waals surface area contributed by atoms with Gasteiger partial charge in [0, 0.05) is 25.4 Å². The molecule has 0 spiro atoms. The van der Waals surface area contributed by atoms with Crippen molar-refractivity contribution in [2.24, 2.45) is 0 Å². The summed E-state index contributed by atoms with van der Waals surface area (Å²) < 4.78 is 27.0. The fourth-order valence-corrected chi connectivity index (χ4v) is 5.31. The van der Waals surface area contributed by atoms with E-state index in [1.165, 1.54) is 0 Å². The lowest BCUT2D eigenvalue weighted by Gasteiger charge is -2.20. The maximum Gasteiger partial charge on any atom is 0.220 e. The first kappa shape index (κ1) is 21.7. The minimum absolute atomic E-state index is 0.00493. The third-order valence-electron chi connectivity index (χ3n) is 5.05. The second kappa shape index (κ2) is 9.67. The summed E-state index contributed by atoms with van der Waals surface area (Å²) in [5.74, 6) is -0.177. The van der Waals surface area contributed by atoms with Crippen molar-refractivity contribution in [3.8, 4) is 0 Å². The van der Waals surface area contributed by atoms with Crippen LogP contribution in [0, 0.1) is 13.8 Å². The van der Waals surface area contributed by atoms with Gasteiger partial charge in [0.2, 0.25) is 5.91 Å². The first-order valence-electron chi connectivity index (χ1n) is 9.89. The van der Waals surface area contributed by atoms with Crippen molar-refractivity contribution in [2.45, 2.75) is 36.8 Å². The summed E-state index contributed by atoms with van der Waals surface area (Å²) in [6, 6.07) is 18.6. The minimum atomic E-state index is -3.72. The molecule has 6 heteroatoms. The predicted molar refractivity (Wildman–Crippen MR) is 118 cm³/mol. The number of nitrogens with zero attached hydrogens (tertiary/aromatic N) is 1. The van der Waals surface area contributed by atoms with Crippen LogP contribution in [0.5, 0.6) is 0 Å². The predicted octanol–water partition coefficient (Wildman–Crippen LogP) is 3.96. The number of amides is 1. The summed E-state index contributed by atoms with van der Waals surface area (Å²) in [5, 5.41) is 1.91. The highest BCUT2D eigenvalue weighted by molar-refractivity contribution is 7.91. The van der Waals surface area contributed by atoms with Gasteiger partial charge in [-0.15, -0.1) is 0 Å². The van der Waals surface area contributed by atoms with Gasteiger partial charge < -0.3 is 5.32 Å². The molecule has 0 radical (unpaired) electrons. The van der Waals surface area contributed by atoms with Crippen LogP contribution in [0.25, 0.3) is 0 Å². The topological polar surface area (TPSA) is 76.1 Å². The highest BCUT2D eigenvalue weighted by Crippen LogP contribution is 2.30. The number of hydrogen-bond acceptors (Lipinski definition) is 4. The molecular weight excluding hydrogens is 396 g/mol. The molecule has 2 aromatic carbocycles. The van der Waals surface area contributed by atoms with Gasteiger partial charge in [0.05, 0.1) is 4.90 Å². The van der Waals surface area contributed by atoms with Gasteiger partial charge >= 0.3 is 0 Å². The number of rotatable bonds is 8. The zero-order valence-electron chi connectivity index (χ0n) is 17.2. The summed E-state index contributed by atoms with van der Waals surface area (Å²) in [6.45, 7) is 3.64. The first-order chi connectivity index (χ1) is 14.4. The number of carbonyl (C=O) groups excluding carboxylic acids is 1. The number of aryl methyl sites for hydroxylation is 3. The Bertz CT molecular complexity index is 1100. The lowest BCUT2D eigenvalue weighted by Crippen LogP contribution is -2.32. The van der Waals surface area contributed by atoms with E-state index in [-0.39, 0.29) is 17.3 Å². The number of nitrogens with one attached hydrogen (secondary N) is 1. The average molecular weight is 423 g/mol. The van der Waals surface area contributed by atoms with Crippen LogP contribution in [0.1, 0.15) is 33.9 Å². The van der Waals surface area contributed by atoms with E-state index in [4.69, 9.17) is 0 Å². The molecular formula is C24H26N2O3S. The van der Waals surface area contributed by atoms with Crippen molar-refractivity contribution in [2.75, 3.05) is 6.54 Å². The van der Waals surface area contributed by atoms with Gasteiger partial charge in [-0.1, -0.05) is 48.5 Å². The number of carbonyl (C=O) groups is 1. The Morgan fingerprint density at radius 2 is 1.80 bits per heavy atom. The third-order valence-corrected chi connectivity index (χ3v) is 7.29. The second-order valence-electron chi connectivity index (χ2n) is 7.38. The van der Waals surface area contributed by atoms with Gasteiger partial charge in [-0.05, 0) is 54.7 Å². The Morgan fingerprint density at radius 3 is 2.50 bits per heavy atom. The fourth-order valence-electron chi connectivity index (χ4n) is 3.34. The third kappa shape index (κ3) is 5.33. The summed E-state index contributed by atoms with van der Waals surface area (Å²) in [4.78, 5) is 16.8. The molecule has 0 saturated carbocycles. The largest absolute Gasteiger partial charge is 0.354 e. The van der Waals surface area contributed by atoms with Crippen molar-refractivity contribution in [1.82, 2.24) is 10.3 Å². The Labute approximate surface area is 178 Å². The van der Waals surface area contributed by atoms with Crippen LogP contribution in [-0.4, -0.2) is 25.9 Å². The van der Waals surface area contributed by atoms with Crippen LogP contribution < -0.4 is 5.32 Å². The summed E-state index contributed by atoms with van der Waals surface area (Å²) >= 11 is 0. The van der Waals surface area contributed by atoms with E-state index >= 15 is 0 Å². The normalized spacial score (nSPS) is 12.3. The number of pyridine rings is 1. The van der Waals surface area contributed by atoms with E-state index in [2.05, 4.69) is 10.3 Å². The Kier molecular flexibility index (Phi) is 7.00. The molecule has 0 aliphatic heterocycles. The van der Waals surface area contributed by atoms with Gasteiger partial charge in [-0.3, -0.25) is 9.78 Å². The van der Waals surface area contributed by atoms with Crippen molar-refractivity contribution in [3.63, 3.8) is 0 Å². The molecule has 0 fully saturated rings. The SMILES string of the molecule is Cc1ccc(C)c(S(=O)(=O)[C@H](CNC(=O)CCc2ccccc2)c2cccnc2)c1. The molecule has 0 unspecified atom stereocenters. The molecule has 5 nitrogen and oxygen atoms in total. The van der Waals surface area contributed by atoms with Crippen LogP contribution in [0.3, 0.4) is 0 Å². The molecule has 0 saturated heterocycles. The molecule has 0 bridgehead atoms. The van der Waals surface area contributed by atoms with E-state index in [0.29, 0.717) is 24.0 Å². The summed E-state index contributed by atoms with van der Waals surface area (Å²) in [6.07, 6.45) is 4.05. The molecule has 1 amide bonds. The van der Waals surface area contributed by atoms with Gasteiger partial charge in [-0.25, -0.2) is 8.42 Å².